The molecule has 1 saturated heterocycles. The molecule has 0 radical (unpaired) electrons. The summed E-state index contributed by atoms with van der Waals surface area (Å²) in [6.07, 6.45) is -3.61. The topological polar surface area (TPSA) is 63.4 Å². The first-order chi connectivity index (χ1) is 10.7. The van der Waals surface area contributed by atoms with E-state index >= 15 is 0 Å². The molecule has 126 valence electrons. The fourth-order valence-corrected chi connectivity index (χ4v) is 2.73. The van der Waals surface area contributed by atoms with Gasteiger partial charge in [0, 0.05) is 19.5 Å². The molecule has 0 spiro atoms. The van der Waals surface area contributed by atoms with Crippen LogP contribution in [0.4, 0.5) is 13.2 Å². The number of nitrogens with zero attached hydrogens (tertiary/aromatic N) is 1. The van der Waals surface area contributed by atoms with E-state index in [0.29, 0.717) is 25.1 Å². The molecular formula is C16H19F3N2O2. The molecule has 1 aromatic carbocycles. The molecule has 4 nitrogen and oxygen atoms in total. The van der Waals surface area contributed by atoms with Gasteiger partial charge in [-0.05, 0) is 30.0 Å². The van der Waals surface area contributed by atoms with E-state index in [1.807, 2.05) is 0 Å². The number of halogens is 3. The Morgan fingerprint density at radius 3 is 2.39 bits per heavy atom. The van der Waals surface area contributed by atoms with Gasteiger partial charge in [0.1, 0.15) is 0 Å². The molecule has 1 heterocycles. The maximum Gasteiger partial charge on any atom is 0.416 e. The van der Waals surface area contributed by atoms with Crippen molar-refractivity contribution >= 4 is 11.8 Å². The number of hydrogen-bond acceptors (Lipinski definition) is 2. The fourth-order valence-electron chi connectivity index (χ4n) is 2.73. The van der Waals surface area contributed by atoms with Gasteiger partial charge in [-0.15, -0.1) is 0 Å². The Morgan fingerprint density at radius 2 is 1.91 bits per heavy atom. The summed E-state index contributed by atoms with van der Waals surface area (Å²) in [6.45, 7) is 2.61. The molecular weight excluding hydrogens is 309 g/mol. The highest BCUT2D eigenvalue weighted by Gasteiger charge is 2.31. The van der Waals surface area contributed by atoms with E-state index in [1.54, 1.807) is 11.8 Å². The Kier molecular flexibility index (Phi) is 4.97. The molecule has 0 bridgehead atoms. The van der Waals surface area contributed by atoms with Crippen LogP contribution in [-0.4, -0.2) is 29.8 Å². The molecule has 0 unspecified atom stereocenters. The highest BCUT2D eigenvalue weighted by atomic mass is 19.4. The molecule has 2 amide bonds. The lowest BCUT2D eigenvalue weighted by atomic mass is 9.96. The number of rotatable bonds is 4. The van der Waals surface area contributed by atoms with Crippen LogP contribution in [-0.2, 0) is 15.8 Å². The maximum absolute atomic E-state index is 12.5. The molecule has 0 aliphatic carbocycles. The summed E-state index contributed by atoms with van der Waals surface area (Å²) >= 11 is 0. The number of hydrogen-bond donors (Lipinski definition) is 1. The van der Waals surface area contributed by atoms with E-state index in [4.69, 9.17) is 5.73 Å². The maximum atomic E-state index is 12.5. The number of primary amides is 1. The third kappa shape index (κ3) is 4.24. The van der Waals surface area contributed by atoms with Gasteiger partial charge in [-0.3, -0.25) is 9.59 Å². The monoisotopic (exact) mass is 328 g/mol. The van der Waals surface area contributed by atoms with Crippen molar-refractivity contribution in [1.82, 2.24) is 4.90 Å². The van der Waals surface area contributed by atoms with E-state index in [-0.39, 0.29) is 24.2 Å². The predicted molar refractivity (Wildman–Crippen MR) is 78.4 cm³/mol. The number of likely N-dealkylation sites (tertiary alicyclic amines) is 1. The van der Waals surface area contributed by atoms with E-state index < -0.39 is 17.6 Å². The van der Waals surface area contributed by atoms with Gasteiger partial charge in [-0.1, -0.05) is 19.1 Å². The summed E-state index contributed by atoms with van der Waals surface area (Å²) in [6, 6.07) is 4.85. The lowest BCUT2D eigenvalue weighted by molar-refractivity contribution is -0.137. The quantitative estimate of drug-likeness (QED) is 0.923. The largest absolute Gasteiger partial charge is 0.416 e. The van der Waals surface area contributed by atoms with Crippen molar-refractivity contribution in [2.45, 2.75) is 31.9 Å². The number of amides is 2. The smallest absolute Gasteiger partial charge is 0.369 e. The van der Waals surface area contributed by atoms with Gasteiger partial charge < -0.3 is 10.6 Å². The van der Waals surface area contributed by atoms with Gasteiger partial charge in [0.15, 0.2) is 0 Å². The summed E-state index contributed by atoms with van der Waals surface area (Å²) in [7, 11) is 0. The van der Waals surface area contributed by atoms with Gasteiger partial charge in [0.05, 0.1) is 11.5 Å². The second-order valence-corrected chi connectivity index (χ2v) is 5.95. The molecule has 1 fully saturated rings. The van der Waals surface area contributed by atoms with Gasteiger partial charge in [0.2, 0.25) is 11.8 Å². The normalized spacial score (nSPS) is 19.7. The highest BCUT2D eigenvalue weighted by molar-refractivity contribution is 5.81. The first kappa shape index (κ1) is 17.3. The minimum atomic E-state index is -4.36. The van der Waals surface area contributed by atoms with E-state index in [1.165, 1.54) is 12.1 Å². The fraction of sp³-hybridized carbons (Fsp3) is 0.500. The molecule has 2 atom stereocenters. The van der Waals surface area contributed by atoms with Crippen LogP contribution in [0.5, 0.6) is 0 Å². The van der Waals surface area contributed by atoms with E-state index in [9.17, 15) is 22.8 Å². The van der Waals surface area contributed by atoms with Crippen molar-refractivity contribution in [1.29, 1.82) is 0 Å². The second kappa shape index (κ2) is 6.60. The average Bonchev–Trinajstić information content (AvgIpc) is 2.96. The number of carbonyl (C=O) groups excluding carboxylic acids is 2. The number of nitrogens with two attached hydrogens (primary N) is 1. The van der Waals surface area contributed by atoms with Crippen molar-refractivity contribution in [2.75, 3.05) is 13.1 Å². The Balaban J connectivity index is 1.95. The van der Waals surface area contributed by atoms with Gasteiger partial charge >= 0.3 is 6.18 Å². The van der Waals surface area contributed by atoms with Crippen LogP contribution in [0.3, 0.4) is 0 Å². The van der Waals surface area contributed by atoms with Crippen molar-refractivity contribution in [3.8, 4) is 0 Å². The standard InChI is InChI=1S/C16H19F3N2O2/c1-10(11-2-4-13(5-3-11)16(17,18)19)8-14(22)21-7-6-12(9-21)15(20)23/h2-5,10,12H,6-9H2,1H3,(H2,20,23)/t10-,12+/m1/s1. The highest BCUT2D eigenvalue weighted by Crippen LogP contribution is 2.31. The molecule has 23 heavy (non-hydrogen) atoms. The lowest BCUT2D eigenvalue weighted by Crippen LogP contribution is -2.32. The summed E-state index contributed by atoms with van der Waals surface area (Å²) < 4.78 is 37.6. The molecule has 1 aromatic rings. The van der Waals surface area contributed by atoms with Crippen LogP contribution in [0.25, 0.3) is 0 Å². The zero-order chi connectivity index (χ0) is 17.2. The Hall–Kier alpha value is -2.05. The minimum Gasteiger partial charge on any atom is -0.369 e. The zero-order valence-electron chi connectivity index (χ0n) is 12.8. The number of carbonyl (C=O) groups is 2. The predicted octanol–water partition coefficient (Wildman–Crippen LogP) is 2.53. The van der Waals surface area contributed by atoms with Crippen LogP contribution in [0.1, 0.15) is 36.8 Å². The van der Waals surface area contributed by atoms with Crippen LogP contribution in [0.15, 0.2) is 24.3 Å². The second-order valence-electron chi connectivity index (χ2n) is 5.95. The molecule has 1 aliphatic rings. The summed E-state index contributed by atoms with van der Waals surface area (Å²) in [4.78, 5) is 24.9. The molecule has 7 heteroatoms. The number of benzene rings is 1. The van der Waals surface area contributed by atoms with Gasteiger partial charge in [0.25, 0.3) is 0 Å². The van der Waals surface area contributed by atoms with Crippen LogP contribution in [0, 0.1) is 5.92 Å². The Morgan fingerprint density at radius 1 is 1.30 bits per heavy atom. The Labute approximate surface area is 132 Å². The van der Waals surface area contributed by atoms with Crippen LogP contribution in [0.2, 0.25) is 0 Å². The van der Waals surface area contributed by atoms with Crippen LogP contribution < -0.4 is 5.73 Å². The first-order valence-corrected chi connectivity index (χ1v) is 7.42. The van der Waals surface area contributed by atoms with Crippen LogP contribution >= 0.6 is 0 Å². The van der Waals surface area contributed by atoms with Gasteiger partial charge in [-0.25, -0.2) is 0 Å². The first-order valence-electron chi connectivity index (χ1n) is 7.42. The third-order valence-corrected chi connectivity index (χ3v) is 4.23. The molecule has 1 aliphatic heterocycles. The third-order valence-electron chi connectivity index (χ3n) is 4.23. The lowest BCUT2D eigenvalue weighted by Gasteiger charge is -2.19. The van der Waals surface area contributed by atoms with Crippen molar-refractivity contribution in [3.05, 3.63) is 35.4 Å². The van der Waals surface area contributed by atoms with Crippen molar-refractivity contribution in [2.24, 2.45) is 11.7 Å². The van der Waals surface area contributed by atoms with E-state index in [0.717, 1.165) is 12.1 Å². The molecule has 0 aromatic heterocycles. The van der Waals surface area contributed by atoms with Gasteiger partial charge in [-0.2, -0.15) is 13.2 Å². The molecule has 2 N–H and O–H groups in total. The zero-order valence-corrected chi connectivity index (χ0v) is 12.8. The number of alkyl halides is 3. The summed E-state index contributed by atoms with van der Waals surface area (Å²) in [5.41, 5.74) is 5.21. The molecule has 2 rings (SSSR count). The van der Waals surface area contributed by atoms with Crippen molar-refractivity contribution < 1.29 is 22.8 Å². The molecule has 0 saturated carbocycles. The SMILES string of the molecule is C[C@H](CC(=O)N1CC[C@H](C(N)=O)C1)c1ccc(C(F)(F)F)cc1. The average molecular weight is 328 g/mol. The Bertz CT molecular complexity index is 584. The van der Waals surface area contributed by atoms with E-state index in [2.05, 4.69) is 0 Å². The summed E-state index contributed by atoms with van der Waals surface area (Å²) in [5, 5.41) is 0. The van der Waals surface area contributed by atoms with Crippen molar-refractivity contribution in [3.63, 3.8) is 0 Å². The minimum absolute atomic E-state index is 0.110. The summed E-state index contributed by atoms with van der Waals surface area (Å²) in [5.74, 6) is -1.02.